The van der Waals surface area contributed by atoms with E-state index in [-0.39, 0.29) is 46.4 Å². The zero-order valence-electron chi connectivity index (χ0n) is 25.3. The predicted octanol–water partition coefficient (Wildman–Crippen LogP) is 6.08. The van der Waals surface area contributed by atoms with Gasteiger partial charge in [0, 0.05) is 54.0 Å². The first-order chi connectivity index (χ1) is 22.0. The van der Waals surface area contributed by atoms with Crippen LogP contribution in [0.5, 0.6) is 6.01 Å². The number of nitrogen functional groups attached to an aromatic ring is 1. The van der Waals surface area contributed by atoms with Gasteiger partial charge in [0.2, 0.25) is 0 Å². The topological polar surface area (TPSA) is 119 Å². The summed E-state index contributed by atoms with van der Waals surface area (Å²) >= 11 is 7.99. The largest absolute Gasteiger partial charge is 0.463 e. The van der Waals surface area contributed by atoms with Crippen LogP contribution in [0, 0.1) is 29.5 Å². The molecule has 14 heteroatoms. The number of nitrogens with two attached hydrogens (primary N) is 1. The Balaban J connectivity index is 1.34. The number of ether oxygens (including phenoxy) is 3. The number of halogens is 4. The number of nitriles is 1. The maximum Gasteiger partial charge on any atom is 0.318 e. The van der Waals surface area contributed by atoms with E-state index in [9.17, 15) is 18.4 Å². The fraction of sp³-hybridized carbons (Fsp3) is 0.469. The fourth-order valence-corrected chi connectivity index (χ4v) is 7.63. The van der Waals surface area contributed by atoms with Crippen LogP contribution in [0.2, 0.25) is 5.02 Å². The molecule has 46 heavy (non-hydrogen) atoms. The molecule has 3 fully saturated rings. The minimum atomic E-state index is -2.89. The highest BCUT2D eigenvalue weighted by molar-refractivity contribution is 7.23. The van der Waals surface area contributed by atoms with E-state index in [0.29, 0.717) is 83.3 Å². The summed E-state index contributed by atoms with van der Waals surface area (Å²) in [6.45, 7) is 6.77. The Hall–Kier alpha value is -3.41. The van der Waals surface area contributed by atoms with Crippen molar-refractivity contribution in [3.8, 4) is 23.2 Å². The summed E-state index contributed by atoms with van der Waals surface area (Å²) in [6, 6.07) is 6.73. The molecule has 2 aromatic heterocycles. The van der Waals surface area contributed by atoms with Crippen LogP contribution < -0.4 is 20.7 Å². The number of aryl methyl sites for hydroxylation is 1. The Morgan fingerprint density at radius 3 is 2.70 bits per heavy atom. The van der Waals surface area contributed by atoms with Gasteiger partial charge >= 0.3 is 6.01 Å². The first-order valence-electron chi connectivity index (χ1n) is 15.0. The molecule has 242 valence electrons. The lowest BCUT2D eigenvalue weighted by molar-refractivity contribution is -0.0702. The van der Waals surface area contributed by atoms with Crippen molar-refractivity contribution < 1.29 is 27.4 Å². The van der Waals surface area contributed by atoms with Gasteiger partial charge in [0.25, 0.3) is 5.92 Å². The van der Waals surface area contributed by atoms with E-state index in [1.807, 2.05) is 13.8 Å². The molecule has 1 atom stereocenters. The molecule has 2 saturated heterocycles. The SMILES string of the molecule is Cc1c(-c2ccc(F)c3sc(N)c(C#N)c23)c(Cl)cc2c(N3CCCOCC3)nc(OC[C@]3(CNC4(C)COC4)CC3(F)F)nc12. The number of rotatable bonds is 8. The molecule has 2 aliphatic heterocycles. The van der Waals surface area contributed by atoms with Gasteiger partial charge in [0.05, 0.1) is 46.6 Å². The van der Waals surface area contributed by atoms with Gasteiger partial charge in [-0.15, -0.1) is 11.3 Å². The highest BCUT2D eigenvalue weighted by atomic mass is 35.5. The minimum Gasteiger partial charge on any atom is -0.463 e. The van der Waals surface area contributed by atoms with E-state index >= 15 is 0 Å². The average Bonchev–Trinajstić information content (AvgIpc) is 3.53. The maximum atomic E-state index is 14.9. The van der Waals surface area contributed by atoms with Crippen LogP contribution in [0.15, 0.2) is 18.2 Å². The molecule has 0 spiro atoms. The van der Waals surface area contributed by atoms with Crippen LogP contribution in [0.3, 0.4) is 0 Å². The number of hydrogen-bond donors (Lipinski definition) is 2. The number of anilines is 2. The van der Waals surface area contributed by atoms with Crippen molar-refractivity contribution in [2.45, 2.75) is 38.2 Å². The molecule has 0 unspecified atom stereocenters. The van der Waals surface area contributed by atoms with Gasteiger partial charge in [0.1, 0.15) is 29.3 Å². The molecule has 0 radical (unpaired) electrons. The van der Waals surface area contributed by atoms with Crippen LogP contribution in [0.1, 0.15) is 30.9 Å². The highest BCUT2D eigenvalue weighted by Crippen LogP contribution is 2.60. The maximum absolute atomic E-state index is 14.9. The van der Waals surface area contributed by atoms with E-state index in [4.69, 9.17) is 41.5 Å². The van der Waals surface area contributed by atoms with Crippen molar-refractivity contribution in [2.24, 2.45) is 5.41 Å². The summed E-state index contributed by atoms with van der Waals surface area (Å²) in [5, 5.41) is 14.7. The van der Waals surface area contributed by atoms with Gasteiger partial charge < -0.3 is 30.2 Å². The van der Waals surface area contributed by atoms with Crippen molar-refractivity contribution in [1.29, 1.82) is 5.26 Å². The number of nitrogens with one attached hydrogen (secondary N) is 1. The Bertz CT molecular complexity index is 1900. The van der Waals surface area contributed by atoms with Gasteiger partial charge in [-0.25, -0.2) is 13.2 Å². The van der Waals surface area contributed by atoms with Crippen LogP contribution in [-0.4, -0.2) is 74.1 Å². The normalized spacial score (nSPS) is 22.0. The van der Waals surface area contributed by atoms with Gasteiger partial charge in [-0.05, 0) is 43.5 Å². The molecule has 2 aromatic carbocycles. The minimum absolute atomic E-state index is 0.0361. The lowest BCUT2D eigenvalue weighted by Crippen LogP contribution is -2.59. The second kappa shape index (κ2) is 11.4. The Morgan fingerprint density at radius 2 is 2.00 bits per heavy atom. The molecule has 7 rings (SSSR count). The molecule has 3 N–H and O–H groups in total. The molecule has 3 aliphatic rings. The molecule has 4 heterocycles. The van der Waals surface area contributed by atoms with Crippen LogP contribution >= 0.6 is 22.9 Å². The monoisotopic (exact) mass is 672 g/mol. The van der Waals surface area contributed by atoms with E-state index in [0.717, 1.165) is 17.8 Å². The molecule has 1 aliphatic carbocycles. The number of nitrogens with zero attached hydrogens (tertiary/aromatic N) is 4. The summed E-state index contributed by atoms with van der Waals surface area (Å²) in [7, 11) is 0. The van der Waals surface area contributed by atoms with Crippen molar-refractivity contribution in [2.75, 3.05) is 63.3 Å². The third kappa shape index (κ3) is 5.20. The first kappa shape index (κ1) is 31.2. The van der Waals surface area contributed by atoms with Gasteiger partial charge in [0.15, 0.2) is 0 Å². The zero-order valence-corrected chi connectivity index (χ0v) is 26.9. The lowest BCUT2D eigenvalue weighted by Gasteiger charge is -2.40. The van der Waals surface area contributed by atoms with E-state index in [1.54, 1.807) is 12.1 Å². The van der Waals surface area contributed by atoms with E-state index in [2.05, 4.69) is 16.3 Å². The second-order valence-corrected chi connectivity index (χ2v) is 14.1. The number of hydrogen-bond acceptors (Lipinski definition) is 10. The molecular weight excluding hydrogens is 641 g/mol. The quantitative estimate of drug-likeness (QED) is 0.230. The van der Waals surface area contributed by atoms with Crippen LogP contribution in [0.25, 0.3) is 32.1 Å². The zero-order chi connectivity index (χ0) is 32.4. The Morgan fingerprint density at radius 1 is 1.22 bits per heavy atom. The molecule has 0 bridgehead atoms. The smallest absolute Gasteiger partial charge is 0.318 e. The summed E-state index contributed by atoms with van der Waals surface area (Å²) in [6.07, 6.45) is 0.457. The summed E-state index contributed by atoms with van der Waals surface area (Å²) in [5.74, 6) is -2.83. The molecule has 1 saturated carbocycles. The third-order valence-electron chi connectivity index (χ3n) is 9.25. The number of thiophene rings is 1. The van der Waals surface area contributed by atoms with Gasteiger partial charge in [-0.1, -0.05) is 17.7 Å². The van der Waals surface area contributed by atoms with Crippen LogP contribution in [-0.2, 0) is 9.47 Å². The number of alkyl halides is 2. The van der Waals surface area contributed by atoms with Crippen molar-refractivity contribution in [3.05, 3.63) is 40.2 Å². The van der Waals surface area contributed by atoms with Crippen molar-refractivity contribution in [1.82, 2.24) is 15.3 Å². The Labute approximate surface area is 272 Å². The second-order valence-electron chi connectivity index (χ2n) is 12.6. The molecule has 4 aromatic rings. The summed E-state index contributed by atoms with van der Waals surface area (Å²) < 4.78 is 61.7. The van der Waals surface area contributed by atoms with E-state index < -0.39 is 17.2 Å². The molecule has 0 amide bonds. The molecule has 9 nitrogen and oxygen atoms in total. The van der Waals surface area contributed by atoms with Crippen LogP contribution in [0.4, 0.5) is 24.0 Å². The lowest BCUT2D eigenvalue weighted by atomic mass is 9.93. The predicted molar refractivity (Wildman–Crippen MR) is 172 cm³/mol. The molecular formula is C32H32ClF3N6O3S. The summed E-state index contributed by atoms with van der Waals surface area (Å²) in [4.78, 5) is 11.5. The van der Waals surface area contributed by atoms with E-state index in [1.165, 1.54) is 6.07 Å². The number of fused-ring (bicyclic) bond motifs is 2. The van der Waals surface area contributed by atoms with Crippen molar-refractivity contribution in [3.63, 3.8) is 0 Å². The number of benzene rings is 2. The number of aromatic nitrogens is 2. The third-order valence-corrected chi connectivity index (χ3v) is 10.6. The van der Waals surface area contributed by atoms with Crippen molar-refractivity contribution >= 4 is 54.7 Å². The average molecular weight is 673 g/mol. The standard InChI is InChI=1S/C32H32ClF3N6O3S/c1-17-23(18-4-5-22(34)26-24(18)20(11-37)27(38)46-26)21(33)10-19-25(17)40-29(41-28(19)42-6-3-8-43-9-7-42)45-16-31(12-32(31,35)36)13-39-30(2)14-44-15-30/h4-5,10,39H,3,6-9,12-16,38H2,1-2H3/t31-/m1/s1. The van der Waals surface area contributed by atoms with Gasteiger partial charge in [-0.3, -0.25) is 0 Å². The van der Waals surface area contributed by atoms with Gasteiger partial charge in [-0.2, -0.15) is 15.2 Å². The first-order valence-corrected chi connectivity index (χ1v) is 16.2. The Kier molecular flexibility index (Phi) is 7.72. The fourth-order valence-electron chi connectivity index (χ4n) is 6.33. The summed E-state index contributed by atoms with van der Waals surface area (Å²) in [5.41, 5.74) is 6.76. The highest BCUT2D eigenvalue weighted by Gasteiger charge is 2.71.